The van der Waals surface area contributed by atoms with Crippen LogP contribution in [0.3, 0.4) is 0 Å². The van der Waals surface area contributed by atoms with Crippen molar-refractivity contribution in [3.05, 3.63) is 29.8 Å². The molecule has 1 fully saturated rings. The van der Waals surface area contributed by atoms with E-state index in [1.54, 1.807) is 0 Å². The third kappa shape index (κ3) is 3.96. The molecule has 0 radical (unpaired) electrons. The number of rotatable bonds is 5. The van der Waals surface area contributed by atoms with Gasteiger partial charge in [-0.3, -0.25) is 0 Å². The number of para-hydroxylation sites is 1. The van der Waals surface area contributed by atoms with Gasteiger partial charge in [0, 0.05) is 12.5 Å². The molecule has 1 aromatic rings. The molecule has 0 bridgehead atoms. The summed E-state index contributed by atoms with van der Waals surface area (Å²) in [5.74, 6) is 1.53. The predicted octanol–water partition coefficient (Wildman–Crippen LogP) is 1.81. The molecule has 20 heavy (non-hydrogen) atoms. The highest BCUT2D eigenvalue weighted by atomic mass is 32.2. The van der Waals surface area contributed by atoms with Crippen LogP contribution in [-0.4, -0.2) is 38.2 Å². The molecule has 0 amide bonds. The highest BCUT2D eigenvalue weighted by Crippen LogP contribution is 2.27. The van der Waals surface area contributed by atoms with E-state index in [1.165, 1.54) is 0 Å². The average Bonchev–Trinajstić information content (AvgIpc) is 2.42. The van der Waals surface area contributed by atoms with Crippen molar-refractivity contribution in [2.45, 2.75) is 19.8 Å². The maximum Gasteiger partial charge on any atom is 0.150 e. The Morgan fingerprint density at radius 1 is 1.30 bits per heavy atom. The second-order valence-corrected chi connectivity index (χ2v) is 7.81. The zero-order chi connectivity index (χ0) is 14.6. The van der Waals surface area contributed by atoms with E-state index in [2.05, 4.69) is 0 Å². The van der Waals surface area contributed by atoms with Crippen LogP contribution in [0.2, 0.25) is 0 Å². The van der Waals surface area contributed by atoms with Gasteiger partial charge in [-0.2, -0.15) is 0 Å². The van der Waals surface area contributed by atoms with Crippen molar-refractivity contribution in [1.29, 1.82) is 0 Å². The molecule has 1 saturated heterocycles. The lowest BCUT2D eigenvalue weighted by Crippen LogP contribution is -2.32. The van der Waals surface area contributed by atoms with E-state index in [1.807, 2.05) is 31.2 Å². The monoisotopic (exact) mass is 298 g/mol. The van der Waals surface area contributed by atoms with Gasteiger partial charge in [0.2, 0.25) is 0 Å². The molecule has 0 aromatic heterocycles. The highest BCUT2D eigenvalue weighted by molar-refractivity contribution is 7.91. The number of aliphatic hydroxyl groups excluding tert-OH is 1. The quantitative estimate of drug-likeness (QED) is 0.900. The zero-order valence-corrected chi connectivity index (χ0v) is 12.6. The Bertz CT molecular complexity index is 525. The van der Waals surface area contributed by atoms with Gasteiger partial charge in [-0.25, -0.2) is 8.42 Å². The number of ether oxygens (including phenoxy) is 1. The van der Waals surface area contributed by atoms with E-state index in [0.717, 1.165) is 11.3 Å². The van der Waals surface area contributed by atoms with Gasteiger partial charge in [-0.15, -0.1) is 0 Å². The molecule has 1 atom stereocenters. The molecular formula is C15H22O4S. The standard InChI is InChI=1S/C15H22O4S/c1-12-4-2-3-5-15(12)19-11-14(10-16)13-6-8-20(17,18)9-7-13/h2-5,13-14,16H,6-11H2,1H3. The van der Waals surface area contributed by atoms with Crippen LogP contribution in [0.5, 0.6) is 5.75 Å². The summed E-state index contributed by atoms with van der Waals surface area (Å²) in [5.41, 5.74) is 1.07. The molecule has 1 unspecified atom stereocenters. The van der Waals surface area contributed by atoms with Gasteiger partial charge in [-0.05, 0) is 37.3 Å². The van der Waals surface area contributed by atoms with Crippen molar-refractivity contribution < 1.29 is 18.3 Å². The lowest BCUT2D eigenvalue weighted by atomic mass is 9.88. The third-order valence-electron chi connectivity index (χ3n) is 4.05. The largest absolute Gasteiger partial charge is 0.493 e. The molecule has 1 heterocycles. The fourth-order valence-corrected chi connectivity index (χ4v) is 4.16. The van der Waals surface area contributed by atoms with Gasteiger partial charge in [0.05, 0.1) is 18.1 Å². The molecule has 1 N–H and O–H groups in total. The maximum atomic E-state index is 11.4. The summed E-state index contributed by atoms with van der Waals surface area (Å²) >= 11 is 0. The van der Waals surface area contributed by atoms with Crippen LogP contribution in [0.1, 0.15) is 18.4 Å². The number of aliphatic hydroxyl groups is 1. The van der Waals surface area contributed by atoms with Gasteiger partial charge >= 0.3 is 0 Å². The Morgan fingerprint density at radius 2 is 1.95 bits per heavy atom. The van der Waals surface area contributed by atoms with Crippen LogP contribution in [-0.2, 0) is 9.84 Å². The zero-order valence-electron chi connectivity index (χ0n) is 11.8. The van der Waals surface area contributed by atoms with Crippen molar-refractivity contribution in [2.75, 3.05) is 24.7 Å². The van der Waals surface area contributed by atoms with Gasteiger partial charge < -0.3 is 9.84 Å². The minimum atomic E-state index is -2.85. The third-order valence-corrected chi connectivity index (χ3v) is 5.76. The van der Waals surface area contributed by atoms with Crippen LogP contribution in [0.15, 0.2) is 24.3 Å². The first-order valence-corrected chi connectivity index (χ1v) is 8.83. The second-order valence-electron chi connectivity index (χ2n) is 5.51. The summed E-state index contributed by atoms with van der Waals surface area (Å²) in [4.78, 5) is 0. The Balaban J connectivity index is 1.92. The fraction of sp³-hybridized carbons (Fsp3) is 0.600. The Labute approximate surface area is 120 Å². The lowest BCUT2D eigenvalue weighted by Gasteiger charge is -2.29. The predicted molar refractivity (Wildman–Crippen MR) is 78.6 cm³/mol. The van der Waals surface area contributed by atoms with Gasteiger partial charge in [0.15, 0.2) is 0 Å². The van der Waals surface area contributed by atoms with Crippen molar-refractivity contribution in [2.24, 2.45) is 11.8 Å². The molecule has 0 spiro atoms. The molecule has 112 valence electrons. The molecule has 0 saturated carbocycles. The summed E-state index contributed by atoms with van der Waals surface area (Å²) in [7, 11) is -2.85. The van der Waals surface area contributed by atoms with E-state index in [4.69, 9.17) is 4.74 Å². The van der Waals surface area contributed by atoms with Gasteiger partial charge in [0.1, 0.15) is 15.6 Å². The summed E-state index contributed by atoms with van der Waals surface area (Å²) in [5, 5.41) is 9.53. The lowest BCUT2D eigenvalue weighted by molar-refractivity contribution is 0.111. The summed E-state index contributed by atoms with van der Waals surface area (Å²) < 4.78 is 28.7. The van der Waals surface area contributed by atoms with Crippen molar-refractivity contribution in [3.8, 4) is 5.75 Å². The minimum Gasteiger partial charge on any atom is -0.493 e. The topological polar surface area (TPSA) is 63.6 Å². The minimum absolute atomic E-state index is 0.00473. The highest BCUT2D eigenvalue weighted by Gasteiger charge is 2.29. The Kier molecular flexibility index (Phi) is 5.05. The number of hydrogen-bond donors (Lipinski definition) is 1. The number of hydrogen-bond acceptors (Lipinski definition) is 4. The molecule has 1 aromatic carbocycles. The smallest absolute Gasteiger partial charge is 0.150 e. The molecule has 4 nitrogen and oxygen atoms in total. The molecule has 5 heteroatoms. The van der Waals surface area contributed by atoms with Crippen LogP contribution >= 0.6 is 0 Å². The fourth-order valence-electron chi connectivity index (χ4n) is 2.63. The molecule has 0 aliphatic carbocycles. The Hall–Kier alpha value is -1.07. The maximum absolute atomic E-state index is 11.4. The SMILES string of the molecule is Cc1ccccc1OCC(CO)C1CCS(=O)(=O)CC1. The molecular weight excluding hydrogens is 276 g/mol. The summed E-state index contributed by atoms with van der Waals surface area (Å²) in [6, 6.07) is 7.77. The van der Waals surface area contributed by atoms with E-state index in [9.17, 15) is 13.5 Å². The summed E-state index contributed by atoms with van der Waals surface area (Å²) in [6.45, 7) is 2.46. The average molecular weight is 298 g/mol. The van der Waals surface area contributed by atoms with E-state index in [-0.39, 0.29) is 29.9 Å². The van der Waals surface area contributed by atoms with Crippen LogP contribution in [0.25, 0.3) is 0 Å². The number of sulfone groups is 1. The van der Waals surface area contributed by atoms with E-state index < -0.39 is 9.84 Å². The molecule has 1 aliphatic heterocycles. The first kappa shape index (κ1) is 15.3. The Morgan fingerprint density at radius 3 is 2.55 bits per heavy atom. The van der Waals surface area contributed by atoms with Crippen LogP contribution in [0, 0.1) is 18.8 Å². The van der Waals surface area contributed by atoms with E-state index in [0.29, 0.717) is 19.4 Å². The van der Waals surface area contributed by atoms with Crippen molar-refractivity contribution in [3.63, 3.8) is 0 Å². The van der Waals surface area contributed by atoms with Crippen molar-refractivity contribution >= 4 is 9.84 Å². The number of aryl methyl sites for hydroxylation is 1. The van der Waals surface area contributed by atoms with Crippen LogP contribution < -0.4 is 4.74 Å². The molecule has 2 rings (SSSR count). The summed E-state index contributed by atoms with van der Waals surface area (Å²) in [6.07, 6.45) is 1.26. The first-order chi connectivity index (χ1) is 9.52. The first-order valence-electron chi connectivity index (χ1n) is 7.01. The van der Waals surface area contributed by atoms with Gasteiger partial charge in [-0.1, -0.05) is 18.2 Å². The number of benzene rings is 1. The van der Waals surface area contributed by atoms with Gasteiger partial charge in [0.25, 0.3) is 0 Å². The second kappa shape index (κ2) is 6.59. The normalized spacial score (nSPS) is 20.5. The van der Waals surface area contributed by atoms with E-state index >= 15 is 0 Å². The van der Waals surface area contributed by atoms with Crippen LogP contribution in [0.4, 0.5) is 0 Å². The molecule has 1 aliphatic rings. The van der Waals surface area contributed by atoms with Crippen molar-refractivity contribution in [1.82, 2.24) is 0 Å².